The highest BCUT2D eigenvalue weighted by Gasteiger charge is 2.36. The van der Waals surface area contributed by atoms with E-state index in [9.17, 15) is 13.2 Å². The molecule has 0 N–H and O–H groups in total. The fourth-order valence-electron chi connectivity index (χ4n) is 3.13. The van der Waals surface area contributed by atoms with Crippen molar-refractivity contribution in [3.05, 3.63) is 35.4 Å². The number of unbranched alkanes of at least 4 members (excludes halogenated alkanes) is 5. The van der Waals surface area contributed by atoms with E-state index >= 15 is 0 Å². The van der Waals surface area contributed by atoms with E-state index in [-0.39, 0.29) is 5.92 Å². The largest absolute Gasteiger partial charge is 0.416 e. The molecule has 0 saturated carbocycles. The van der Waals surface area contributed by atoms with Gasteiger partial charge in [0, 0.05) is 20.1 Å². The van der Waals surface area contributed by atoms with Gasteiger partial charge in [0.05, 0.1) is 5.56 Å². The van der Waals surface area contributed by atoms with Crippen molar-refractivity contribution in [1.29, 1.82) is 0 Å². The Morgan fingerprint density at radius 2 is 1.40 bits per heavy atom. The highest BCUT2D eigenvalue weighted by Crippen LogP contribution is 2.38. The van der Waals surface area contributed by atoms with Gasteiger partial charge in [0.15, 0.2) is 5.79 Å². The van der Waals surface area contributed by atoms with Crippen LogP contribution in [0, 0.1) is 0 Å². The maximum atomic E-state index is 12.8. The SMILES string of the molecule is CCCCCCCCC(c1ccc(C(F)(F)F)cc1)C(C)(OC)OC. The highest BCUT2D eigenvalue weighted by molar-refractivity contribution is 5.28. The number of rotatable bonds is 11. The lowest BCUT2D eigenvalue weighted by Crippen LogP contribution is -2.37. The summed E-state index contributed by atoms with van der Waals surface area (Å²) >= 11 is 0. The smallest absolute Gasteiger partial charge is 0.353 e. The van der Waals surface area contributed by atoms with Gasteiger partial charge < -0.3 is 9.47 Å². The minimum Gasteiger partial charge on any atom is -0.353 e. The zero-order valence-electron chi connectivity index (χ0n) is 15.8. The molecule has 25 heavy (non-hydrogen) atoms. The van der Waals surface area contributed by atoms with Gasteiger partial charge in [-0.1, -0.05) is 57.6 Å². The average Bonchev–Trinajstić information content (AvgIpc) is 2.60. The lowest BCUT2D eigenvalue weighted by Gasteiger charge is -2.35. The van der Waals surface area contributed by atoms with Crippen LogP contribution < -0.4 is 0 Å². The summed E-state index contributed by atoms with van der Waals surface area (Å²) in [4.78, 5) is 0. The topological polar surface area (TPSA) is 18.5 Å². The summed E-state index contributed by atoms with van der Waals surface area (Å²) in [6.45, 7) is 4.02. The zero-order chi connectivity index (χ0) is 18.9. The molecular formula is C20H31F3O2. The van der Waals surface area contributed by atoms with Crippen LogP contribution in [0.5, 0.6) is 0 Å². The summed E-state index contributed by atoms with van der Waals surface area (Å²) in [5.41, 5.74) is 0.180. The second-order valence-corrected chi connectivity index (χ2v) is 6.65. The van der Waals surface area contributed by atoms with E-state index in [0.29, 0.717) is 0 Å². The van der Waals surface area contributed by atoms with Crippen LogP contribution in [-0.4, -0.2) is 20.0 Å². The van der Waals surface area contributed by atoms with Gasteiger partial charge in [-0.2, -0.15) is 13.2 Å². The molecule has 1 aromatic carbocycles. The molecule has 0 saturated heterocycles. The summed E-state index contributed by atoms with van der Waals surface area (Å²) in [6.07, 6.45) is 3.47. The number of alkyl halides is 3. The summed E-state index contributed by atoms with van der Waals surface area (Å²) in [6, 6.07) is 5.35. The lowest BCUT2D eigenvalue weighted by molar-refractivity contribution is -0.210. The molecule has 1 rings (SSSR count). The first-order valence-electron chi connectivity index (χ1n) is 9.06. The maximum absolute atomic E-state index is 12.8. The first-order valence-corrected chi connectivity index (χ1v) is 9.06. The molecular weight excluding hydrogens is 329 g/mol. The summed E-state index contributed by atoms with van der Waals surface area (Å²) in [5, 5.41) is 0. The molecule has 0 spiro atoms. The summed E-state index contributed by atoms with van der Waals surface area (Å²) in [7, 11) is 3.14. The minimum absolute atomic E-state index is 0.115. The Bertz CT molecular complexity index is 479. The van der Waals surface area contributed by atoms with E-state index in [1.54, 1.807) is 26.4 Å². The number of ether oxygens (including phenoxy) is 2. The van der Waals surface area contributed by atoms with Gasteiger partial charge in [0.1, 0.15) is 0 Å². The molecule has 0 radical (unpaired) electrons. The summed E-state index contributed by atoms with van der Waals surface area (Å²) < 4.78 is 49.5. The number of hydrogen-bond donors (Lipinski definition) is 0. The number of halogens is 3. The van der Waals surface area contributed by atoms with Gasteiger partial charge in [0.25, 0.3) is 0 Å². The third-order valence-electron chi connectivity index (χ3n) is 4.93. The fraction of sp³-hybridized carbons (Fsp3) is 0.700. The molecule has 0 fully saturated rings. The second-order valence-electron chi connectivity index (χ2n) is 6.65. The first-order chi connectivity index (χ1) is 11.8. The molecule has 1 atom stereocenters. The lowest BCUT2D eigenvalue weighted by atomic mass is 9.85. The minimum atomic E-state index is -4.32. The third kappa shape index (κ3) is 6.63. The van der Waals surface area contributed by atoms with Crippen molar-refractivity contribution in [2.45, 2.75) is 76.7 Å². The maximum Gasteiger partial charge on any atom is 0.416 e. The van der Waals surface area contributed by atoms with E-state index in [2.05, 4.69) is 6.92 Å². The Balaban J connectivity index is 2.84. The van der Waals surface area contributed by atoms with Gasteiger partial charge in [-0.05, 0) is 31.0 Å². The van der Waals surface area contributed by atoms with Crippen molar-refractivity contribution in [2.75, 3.05) is 14.2 Å². The molecule has 1 aromatic rings. The van der Waals surface area contributed by atoms with Gasteiger partial charge in [0.2, 0.25) is 0 Å². The molecule has 0 aliphatic carbocycles. The van der Waals surface area contributed by atoms with Gasteiger partial charge in [-0.3, -0.25) is 0 Å². The molecule has 0 aromatic heterocycles. The van der Waals surface area contributed by atoms with Crippen LogP contribution in [-0.2, 0) is 15.7 Å². The van der Waals surface area contributed by atoms with Crippen molar-refractivity contribution < 1.29 is 22.6 Å². The molecule has 2 nitrogen and oxygen atoms in total. The Hall–Kier alpha value is -1.07. The predicted molar refractivity (Wildman–Crippen MR) is 94.6 cm³/mol. The quantitative estimate of drug-likeness (QED) is 0.329. The Kier molecular flexibility index (Phi) is 8.94. The van der Waals surface area contributed by atoms with E-state index in [1.165, 1.54) is 25.7 Å². The van der Waals surface area contributed by atoms with E-state index in [1.807, 2.05) is 6.92 Å². The monoisotopic (exact) mass is 360 g/mol. The van der Waals surface area contributed by atoms with Crippen LogP contribution in [0.25, 0.3) is 0 Å². The molecule has 0 amide bonds. The van der Waals surface area contributed by atoms with Gasteiger partial charge in [-0.25, -0.2) is 0 Å². The standard InChI is InChI=1S/C20H31F3O2/c1-5-6-7-8-9-10-11-18(19(2,24-3)25-4)16-12-14-17(15-13-16)20(21,22)23/h12-15,18H,5-11H2,1-4H3. The van der Waals surface area contributed by atoms with Crippen molar-refractivity contribution in [2.24, 2.45) is 0 Å². The summed E-state index contributed by atoms with van der Waals surface area (Å²) in [5.74, 6) is -0.973. The predicted octanol–water partition coefficient (Wildman–Crippen LogP) is 6.55. The zero-order valence-corrected chi connectivity index (χ0v) is 15.8. The Labute approximate surface area is 149 Å². The van der Waals surface area contributed by atoms with Crippen LogP contribution in [0.1, 0.15) is 75.8 Å². The van der Waals surface area contributed by atoms with Crippen molar-refractivity contribution in [3.8, 4) is 0 Å². The van der Waals surface area contributed by atoms with Crippen molar-refractivity contribution in [3.63, 3.8) is 0 Å². The Morgan fingerprint density at radius 1 is 0.880 bits per heavy atom. The highest BCUT2D eigenvalue weighted by atomic mass is 19.4. The fourth-order valence-corrected chi connectivity index (χ4v) is 3.13. The van der Waals surface area contributed by atoms with Crippen molar-refractivity contribution >= 4 is 0 Å². The van der Waals surface area contributed by atoms with Crippen LogP contribution in [0.2, 0.25) is 0 Å². The van der Waals surface area contributed by atoms with E-state index in [4.69, 9.17) is 9.47 Å². The molecule has 5 heteroatoms. The van der Waals surface area contributed by atoms with E-state index in [0.717, 1.165) is 37.0 Å². The Morgan fingerprint density at radius 3 is 1.88 bits per heavy atom. The molecule has 0 heterocycles. The average molecular weight is 360 g/mol. The first kappa shape index (κ1) is 22.0. The molecule has 0 bridgehead atoms. The molecule has 0 aliphatic rings. The molecule has 1 unspecified atom stereocenters. The number of methoxy groups -OCH3 is 2. The van der Waals surface area contributed by atoms with Crippen LogP contribution >= 0.6 is 0 Å². The van der Waals surface area contributed by atoms with Crippen molar-refractivity contribution in [1.82, 2.24) is 0 Å². The second kappa shape index (κ2) is 10.2. The van der Waals surface area contributed by atoms with Crippen LogP contribution in [0.3, 0.4) is 0 Å². The third-order valence-corrected chi connectivity index (χ3v) is 4.93. The van der Waals surface area contributed by atoms with Crippen LogP contribution in [0.15, 0.2) is 24.3 Å². The number of hydrogen-bond acceptors (Lipinski definition) is 2. The van der Waals surface area contributed by atoms with Gasteiger partial charge >= 0.3 is 6.18 Å². The van der Waals surface area contributed by atoms with E-state index < -0.39 is 17.5 Å². The normalized spacial score (nSPS) is 13.9. The number of benzene rings is 1. The van der Waals surface area contributed by atoms with Gasteiger partial charge in [-0.15, -0.1) is 0 Å². The molecule has 0 aliphatic heterocycles. The van der Waals surface area contributed by atoms with Crippen LogP contribution in [0.4, 0.5) is 13.2 Å². The molecule has 144 valence electrons.